The number of carbonyl (C=O) groups is 2. The van der Waals surface area contributed by atoms with Crippen molar-refractivity contribution in [2.75, 3.05) is 33.4 Å². The summed E-state index contributed by atoms with van der Waals surface area (Å²) in [7, 11) is 1.56. The van der Waals surface area contributed by atoms with Crippen molar-refractivity contribution in [2.24, 2.45) is 5.92 Å². The fourth-order valence-electron chi connectivity index (χ4n) is 6.05. The molecule has 180 valence electrons. The van der Waals surface area contributed by atoms with E-state index in [-0.39, 0.29) is 30.2 Å². The summed E-state index contributed by atoms with van der Waals surface area (Å²) in [4.78, 5) is 30.4. The minimum atomic E-state index is -1.01. The molecule has 6 nitrogen and oxygen atoms in total. The van der Waals surface area contributed by atoms with Gasteiger partial charge in [0.1, 0.15) is 11.4 Å². The highest BCUT2D eigenvalue weighted by Gasteiger charge is 2.56. The molecule has 0 bridgehead atoms. The predicted molar refractivity (Wildman–Crippen MR) is 127 cm³/mol. The number of halogens is 1. The van der Waals surface area contributed by atoms with Crippen LogP contribution in [0.2, 0.25) is 0 Å². The summed E-state index contributed by atoms with van der Waals surface area (Å²) in [6.07, 6.45) is 4.17. The van der Waals surface area contributed by atoms with Crippen molar-refractivity contribution < 1.29 is 18.7 Å². The standard InChI is InChI=1S/C27H32FN3O3/c1-34-15-14-31-25(32)27(29-26(31)33,18-19-6-8-23(28)9-7-19)22-10-12-30(13-11-22)24-16-20-4-2-3-5-21(20)17-24/h2-9,22,24H,10-18H2,1H3,(H,29,33). The maximum Gasteiger partial charge on any atom is 0.325 e. The first kappa shape index (κ1) is 23.0. The zero-order valence-electron chi connectivity index (χ0n) is 19.6. The minimum Gasteiger partial charge on any atom is -0.383 e. The number of fused-ring (bicyclic) bond motifs is 1. The lowest BCUT2D eigenvalue weighted by molar-refractivity contribution is -0.134. The van der Waals surface area contributed by atoms with Crippen LogP contribution >= 0.6 is 0 Å². The molecule has 1 N–H and O–H groups in total. The van der Waals surface area contributed by atoms with E-state index in [0.29, 0.717) is 19.1 Å². The third-order valence-electron chi connectivity index (χ3n) is 7.89. The van der Waals surface area contributed by atoms with Crippen molar-refractivity contribution in [2.45, 2.75) is 43.7 Å². The summed E-state index contributed by atoms with van der Waals surface area (Å²) < 4.78 is 18.6. The maximum atomic E-state index is 13.7. The number of hydrogen-bond donors (Lipinski definition) is 1. The van der Waals surface area contributed by atoms with Crippen molar-refractivity contribution in [3.63, 3.8) is 0 Å². The molecule has 3 amide bonds. The van der Waals surface area contributed by atoms with Gasteiger partial charge < -0.3 is 10.1 Å². The van der Waals surface area contributed by atoms with Crippen LogP contribution in [0.25, 0.3) is 0 Å². The Morgan fingerprint density at radius 3 is 2.29 bits per heavy atom. The molecule has 2 aromatic carbocycles. The van der Waals surface area contributed by atoms with Crippen LogP contribution in [0.15, 0.2) is 48.5 Å². The van der Waals surface area contributed by atoms with Gasteiger partial charge >= 0.3 is 6.03 Å². The average molecular weight is 466 g/mol. The lowest BCUT2D eigenvalue weighted by Crippen LogP contribution is -2.58. The number of piperidine rings is 1. The third-order valence-corrected chi connectivity index (χ3v) is 7.89. The van der Waals surface area contributed by atoms with Crippen molar-refractivity contribution in [1.82, 2.24) is 15.1 Å². The van der Waals surface area contributed by atoms with Crippen molar-refractivity contribution in [1.29, 1.82) is 0 Å². The Morgan fingerprint density at radius 2 is 1.68 bits per heavy atom. The number of likely N-dealkylation sites (tertiary alicyclic amines) is 1. The van der Waals surface area contributed by atoms with Crippen LogP contribution in [0.1, 0.15) is 29.5 Å². The van der Waals surface area contributed by atoms with Crippen molar-refractivity contribution in [3.05, 3.63) is 71.0 Å². The Labute approximate surface area is 200 Å². The van der Waals surface area contributed by atoms with Crippen LogP contribution in [0.4, 0.5) is 9.18 Å². The number of rotatable bonds is 7. The Bertz CT molecular complexity index is 1030. The normalized spacial score (nSPS) is 24.0. The Kier molecular flexibility index (Phi) is 6.40. The summed E-state index contributed by atoms with van der Waals surface area (Å²) in [6.45, 7) is 2.32. The van der Waals surface area contributed by atoms with Gasteiger partial charge in [-0.2, -0.15) is 0 Å². The lowest BCUT2D eigenvalue weighted by atomic mass is 9.73. The summed E-state index contributed by atoms with van der Waals surface area (Å²) in [6, 6.07) is 15.0. The molecular weight excluding hydrogens is 433 g/mol. The van der Waals surface area contributed by atoms with Crippen LogP contribution in [0.5, 0.6) is 0 Å². The fourth-order valence-corrected chi connectivity index (χ4v) is 6.05. The number of ether oxygens (including phenoxy) is 1. The monoisotopic (exact) mass is 465 g/mol. The number of benzene rings is 2. The molecule has 0 saturated carbocycles. The molecular formula is C27H32FN3O3. The molecule has 0 spiro atoms. The molecule has 0 radical (unpaired) electrons. The molecule has 3 aliphatic rings. The second kappa shape index (κ2) is 9.47. The first-order valence-corrected chi connectivity index (χ1v) is 12.2. The minimum absolute atomic E-state index is 0.0153. The third kappa shape index (κ3) is 4.23. The van der Waals surface area contributed by atoms with Gasteiger partial charge in [-0.15, -0.1) is 0 Å². The van der Waals surface area contributed by atoms with Crippen LogP contribution in [-0.2, 0) is 28.8 Å². The van der Waals surface area contributed by atoms with Gasteiger partial charge in [-0.3, -0.25) is 14.6 Å². The van der Waals surface area contributed by atoms with Gasteiger partial charge in [0, 0.05) is 19.6 Å². The molecule has 5 rings (SSSR count). The molecule has 0 aromatic heterocycles. The van der Waals surface area contributed by atoms with Crippen LogP contribution in [0, 0.1) is 11.7 Å². The number of nitrogens with one attached hydrogen (secondary N) is 1. The first-order chi connectivity index (χ1) is 16.5. The highest BCUT2D eigenvalue weighted by molar-refractivity contribution is 6.07. The molecule has 2 fully saturated rings. The summed E-state index contributed by atoms with van der Waals surface area (Å²) in [5.74, 6) is -0.487. The Hall–Kier alpha value is -2.77. The summed E-state index contributed by atoms with van der Waals surface area (Å²) >= 11 is 0. The highest BCUT2D eigenvalue weighted by atomic mass is 19.1. The number of methoxy groups -OCH3 is 1. The zero-order chi connectivity index (χ0) is 23.7. The first-order valence-electron chi connectivity index (χ1n) is 12.2. The molecule has 1 aliphatic carbocycles. The SMILES string of the molecule is COCCN1C(=O)NC(Cc2ccc(F)cc2)(C2CCN(C3Cc4ccccc4C3)CC2)C1=O. The van der Waals surface area contributed by atoms with E-state index in [9.17, 15) is 14.0 Å². The molecule has 7 heteroatoms. The van der Waals surface area contributed by atoms with Gasteiger partial charge in [-0.1, -0.05) is 36.4 Å². The largest absolute Gasteiger partial charge is 0.383 e. The van der Waals surface area contributed by atoms with Crippen LogP contribution < -0.4 is 5.32 Å². The summed E-state index contributed by atoms with van der Waals surface area (Å²) in [5.41, 5.74) is 2.72. The van der Waals surface area contributed by atoms with E-state index in [2.05, 4.69) is 34.5 Å². The fraction of sp³-hybridized carbons (Fsp3) is 0.481. The maximum absolute atomic E-state index is 13.7. The number of amides is 3. The number of urea groups is 1. The smallest absolute Gasteiger partial charge is 0.325 e. The molecule has 1 atom stereocenters. The van der Waals surface area contributed by atoms with Gasteiger partial charge in [0.15, 0.2) is 0 Å². The molecule has 34 heavy (non-hydrogen) atoms. The second-order valence-corrected chi connectivity index (χ2v) is 9.80. The van der Waals surface area contributed by atoms with Crippen molar-refractivity contribution in [3.8, 4) is 0 Å². The lowest BCUT2D eigenvalue weighted by Gasteiger charge is -2.42. The number of imide groups is 1. The van der Waals surface area contributed by atoms with Gasteiger partial charge in [0.2, 0.25) is 0 Å². The van der Waals surface area contributed by atoms with E-state index in [0.717, 1.165) is 44.3 Å². The highest BCUT2D eigenvalue weighted by Crippen LogP contribution is 2.38. The van der Waals surface area contributed by atoms with E-state index >= 15 is 0 Å². The van der Waals surface area contributed by atoms with Gasteiger partial charge in [0.25, 0.3) is 5.91 Å². The average Bonchev–Trinajstić information content (AvgIpc) is 3.39. The van der Waals surface area contributed by atoms with Gasteiger partial charge in [-0.05, 0) is 73.5 Å². The van der Waals surface area contributed by atoms with E-state index < -0.39 is 5.54 Å². The molecule has 2 aliphatic heterocycles. The van der Waals surface area contributed by atoms with Gasteiger partial charge in [-0.25, -0.2) is 9.18 Å². The number of hydrogen-bond acceptors (Lipinski definition) is 4. The molecule has 2 aromatic rings. The molecule has 1 unspecified atom stereocenters. The van der Waals surface area contributed by atoms with E-state index in [1.807, 2.05) is 0 Å². The Balaban J connectivity index is 1.33. The van der Waals surface area contributed by atoms with E-state index in [4.69, 9.17) is 4.74 Å². The second-order valence-electron chi connectivity index (χ2n) is 9.80. The van der Waals surface area contributed by atoms with Crippen molar-refractivity contribution >= 4 is 11.9 Å². The van der Waals surface area contributed by atoms with E-state index in [1.165, 1.54) is 28.2 Å². The van der Waals surface area contributed by atoms with E-state index in [1.54, 1.807) is 19.2 Å². The quantitative estimate of drug-likeness (QED) is 0.638. The number of nitrogens with zero attached hydrogens (tertiary/aromatic N) is 2. The predicted octanol–water partition coefficient (Wildman–Crippen LogP) is 3.18. The summed E-state index contributed by atoms with van der Waals surface area (Å²) in [5, 5.41) is 3.08. The number of carbonyl (C=O) groups excluding carboxylic acids is 2. The van der Waals surface area contributed by atoms with Crippen LogP contribution in [-0.4, -0.2) is 66.7 Å². The molecule has 2 saturated heterocycles. The molecule has 2 heterocycles. The van der Waals surface area contributed by atoms with Gasteiger partial charge in [0.05, 0.1) is 13.2 Å². The zero-order valence-corrected chi connectivity index (χ0v) is 19.6. The topological polar surface area (TPSA) is 61.9 Å². The Morgan fingerprint density at radius 1 is 1.03 bits per heavy atom. The van der Waals surface area contributed by atoms with Crippen LogP contribution in [0.3, 0.4) is 0 Å².